The van der Waals surface area contributed by atoms with Crippen LogP contribution in [0.25, 0.3) is 0 Å². The molecule has 0 radical (unpaired) electrons. The van der Waals surface area contributed by atoms with Gasteiger partial charge in [-0.3, -0.25) is 0 Å². The summed E-state index contributed by atoms with van der Waals surface area (Å²) in [5.74, 6) is 0. The zero-order chi connectivity index (χ0) is 7.94. The Balaban J connectivity index is 1.96. The van der Waals surface area contributed by atoms with Crippen molar-refractivity contribution >= 4 is 0 Å². The summed E-state index contributed by atoms with van der Waals surface area (Å²) >= 11 is 0. The van der Waals surface area contributed by atoms with Gasteiger partial charge in [0.25, 0.3) is 0 Å². The second-order valence-electron chi connectivity index (χ2n) is 2.82. The summed E-state index contributed by atoms with van der Waals surface area (Å²) in [4.78, 5) is 0. The predicted molar refractivity (Wildman–Crippen MR) is 43.5 cm³/mol. The first-order chi connectivity index (χ1) is 5.43. The van der Waals surface area contributed by atoms with Gasteiger partial charge in [0.1, 0.15) is 0 Å². The molecule has 0 aromatic carbocycles. The van der Waals surface area contributed by atoms with E-state index in [1.54, 1.807) is 0 Å². The third kappa shape index (κ3) is 3.70. The standard InChI is InChI=1S/C8H17NO2/c9-4-1-5-11-8-2-6-10-7-3-8/h8H,1-7,9H2. The van der Waals surface area contributed by atoms with E-state index >= 15 is 0 Å². The molecular formula is C8H17NO2. The van der Waals surface area contributed by atoms with E-state index in [1.807, 2.05) is 0 Å². The Labute approximate surface area is 67.9 Å². The molecule has 0 atom stereocenters. The Morgan fingerprint density at radius 3 is 2.73 bits per heavy atom. The van der Waals surface area contributed by atoms with Crippen LogP contribution in [0.3, 0.4) is 0 Å². The largest absolute Gasteiger partial charge is 0.381 e. The summed E-state index contributed by atoms with van der Waals surface area (Å²) in [5, 5.41) is 0. The summed E-state index contributed by atoms with van der Waals surface area (Å²) in [7, 11) is 0. The number of hydrogen-bond donors (Lipinski definition) is 1. The maximum Gasteiger partial charge on any atom is 0.0619 e. The third-order valence-electron chi connectivity index (χ3n) is 1.87. The maximum absolute atomic E-state index is 5.56. The molecule has 0 spiro atoms. The Kier molecular flexibility index (Phi) is 4.50. The fraction of sp³-hybridized carbons (Fsp3) is 1.00. The normalized spacial score (nSPS) is 20.5. The molecule has 1 rings (SSSR count). The molecule has 0 amide bonds. The molecule has 0 aliphatic carbocycles. The quantitative estimate of drug-likeness (QED) is 0.608. The third-order valence-corrected chi connectivity index (χ3v) is 1.87. The van der Waals surface area contributed by atoms with Gasteiger partial charge in [0, 0.05) is 19.8 Å². The monoisotopic (exact) mass is 159 g/mol. The van der Waals surface area contributed by atoms with Gasteiger partial charge < -0.3 is 15.2 Å². The van der Waals surface area contributed by atoms with E-state index in [0.29, 0.717) is 6.10 Å². The number of ether oxygens (including phenoxy) is 2. The lowest BCUT2D eigenvalue weighted by Gasteiger charge is -2.22. The van der Waals surface area contributed by atoms with Gasteiger partial charge in [-0.25, -0.2) is 0 Å². The van der Waals surface area contributed by atoms with E-state index in [-0.39, 0.29) is 0 Å². The minimum Gasteiger partial charge on any atom is -0.381 e. The Bertz CT molecular complexity index is 92.1. The lowest BCUT2D eigenvalue weighted by Crippen LogP contribution is -2.24. The minimum atomic E-state index is 0.426. The van der Waals surface area contributed by atoms with Crippen LogP contribution in [0.4, 0.5) is 0 Å². The van der Waals surface area contributed by atoms with Crippen LogP contribution in [0.1, 0.15) is 19.3 Å². The number of nitrogens with two attached hydrogens (primary N) is 1. The van der Waals surface area contributed by atoms with Crippen molar-refractivity contribution in [3.8, 4) is 0 Å². The lowest BCUT2D eigenvalue weighted by atomic mass is 10.1. The van der Waals surface area contributed by atoms with Gasteiger partial charge in [-0.2, -0.15) is 0 Å². The van der Waals surface area contributed by atoms with E-state index in [0.717, 1.165) is 45.6 Å². The summed E-state index contributed by atoms with van der Waals surface area (Å²) in [6, 6.07) is 0. The molecule has 3 nitrogen and oxygen atoms in total. The van der Waals surface area contributed by atoms with Crippen molar-refractivity contribution in [2.75, 3.05) is 26.4 Å². The Morgan fingerprint density at radius 1 is 1.36 bits per heavy atom. The minimum absolute atomic E-state index is 0.426. The van der Waals surface area contributed by atoms with Crippen molar-refractivity contribution in [2.24, 2.45) is 5.73 Å². The van der Waals surface area contributed by atoms with Crippen LogP contribution < -0.4 is 5.73 Å². The molecule has 11 heavy (non-hydrogen) atoms. The van der Waals surface area contributed by atoms with Crippen LogP contribution in [-0.2, 0) is 9.47 Å². The fourth-order valence-corrected chi connectivity index (χ4v) is 1.18. The van der Waals surface area contributed by atoms with Crippen LogP contribution in [0.15, 0.2) is 0 Å². The number of rotatable bonds is 4. The molecule has 66 valence electrons. The maximum atomic E-state index is 5.56. The zero-order valence-corrected chi connectivity index (χ0v) is 6.92. The van der Waals surface area contributed by atoms with Crippen LogP contribution in [-0.4, -0.2) is 32.5 Å². The van der Waals surface area contributed by atoms with Crippen LogP contribution in [0.5, 0.6) is 0 Å². The SMILES string of the molecule is NCCCOC1CCOCC1. The molecule has 2 N–H and O–H groups in total. The molecule has 1 aliphatic heterocycles. The first kappa shape index (κ1) is 8.97. The van der Waals surface area contributed by atoms with E-state index in [4.69, 9.17) is 15.2 Å². The van der Waals surface area contributed by atoms with E-state index < -0.39 is 0 Å². The predicted octanol–water partition coefficient (Wildman–Crippen LogP) is 0.531. The molecule has 0 unspecified atom stereocenters. The van der Waals surface area contributed by atoms with E-state index in [2.05, 4.69) is 0 Å². The topological polar surface area (TPSA) is 44.5 Å². The summed E-state index contributed by atoms with van der Waals surface area (Å²) in [6.45, 7) is 3.24. The van der Waals surface area contributed by atoms with Gasteiger partial charge in [0.05, 0.1) is 6.10 Å². The summed E-state index contributed by atoms with van der Waals surface area (Å²) in [5.41, 5.74) is 5.34. The fourth-order valence-electron chi connectivity index (χ4n) is 1.18. The van der Waals surface area contributed by atoms with Crippen molar-refractivity contribution in [2.45, 2.75) is 25.4 Å². The molecule has 0 saturated carbocycles. The van der Waals surface area contributed by atoms with Crippen LogP contribution >= 0.6 is 0 Å². The van der Waals surface area contributed by atoms with E-state index in [9.17, 15) is 0 Å². The first-order valence-corrected chi connectivity index (χ1v) is 4.33. The molecule has 1 aliphatic rings. The molecule has 1 saturated heterocycles. The molecule has 0 aromatic rings. The van der Waals surface area contributed by atoms with Crippen LogP contribution in [0.2, 0.25) is 0 Å². The number of hydrogen-bond acceptors (Lipinski definition) is 3. The Hall–Kier alpha value is -0.120. The molecule has 1 heterocycles. The van der Waals surface area contributed by atoms with Crippen molar-refractivity contribution in [3.63, 3.8) is 0 Å². The van der Waals surface area contributed by atoms with Crippen molar-refractivity contribution in [1.29, 1.82) is 0 Å². The Morgan fingerprint density at radius 2 is 2.09 bits per heavy atom. The molecule has 0 aromatic heterocycles. The highest BCUT2D eigenvalue weighted by molar-refractivity contribution is 4.62. The molecule has 3 heteroatoms. The second-order valence-corrected chi connectivity index (χ2v) is 2.82. The van der Waals surface area contributed by atoms with Crippen molar-refractivity contribution in [3.05, 3.63) is 0 Å². The van der Waals surface area contributed by atoms with Gasteiger partial charge in [0.15, 0.2) is 0 Å². The second kappa shape index (κ2) is 5.52. The first-order valence-electron chi connectivity index (χ1n) is 4.33. The van der Waals surface area contributed by atoms with Gasteiger partial charge in [-0.05, 0) is 25.8 Å². The van der Waals surface area contributed by atoms with Gasteiger partial charge in [0.2, 0.25) is 0 Å². The smallest absolute Gasteiger partial charge is 0.0619 e. The molecule has 1 fully saturated rings. The summed E-state index contributed by atoms with van der Waals surface area (Å²) < 4.78 is 10.8. The highest BCUT2D eigenvalue weighted by Crippen LogP contribution is 2.10. The molecule has 0 bridgehead atoms. The molecular weight excluding hydrogens is 142 g/mol. The van der Waals surface area contributed by atoms with Gasteiger partial charge >= 0.3 is 0 Å². The summed E-state index contributed by atoms with van der Waals surface area (Å²) in [6.07, 6.45) is 3.49. The average molecular weight is 159 g/mol. The highest BCUT2D eigenvalue weighted by Gasteiger charge is 2.12. The average Bonchev–Trinajstić information content (AvgIpc) is 2.07. The van der Waals surface area contributed by atoms with Crippen molar-refractivity contribution in [1.82, 2.24) is 0 Å². The van der Waals surface area contributed by atoms with Crippen molar-refractivity contribution < 1.29 is 9.47 Å². The van der Waals surface area contributed by atoms with Crippen LogP contribution in [0, 0.1) is 0 Å². The lowest BCUT2D eigenvalue weighted by molar-refractivity contribution is -0.0318. The highest BCUT2D eigenvalue weighted by atomic mass is 16.5. The van der Waals surface area contributed by atoms with Gasteiger partial charge in [-0.15, -0.1) is 0 Å². The van der Waals surface area contributed by atoms with Gasteiger partial charge in [-0.1, -0.05) is 0 Å². The zero-order valence-electron chi connectivity index (χ0n) is 6.92. The van der Waals surface area contributed by atoms with E-state index in [1.165, 1.54) is 0 Å².